The van der Waals surface area contributed by atoms with Gasteiger partial charge >= 0.3 is 0 Å². The van der Waals surface area contributed by atoms with Crippen LogP contribution in [0.5, 0.6) is 0 Å². The van der Waals surface area contributed by atoms with Gasteiger partial charge in [0.2, 0.25) is 0 Å². The standard InChI is InChI=1S/C14H22N2O/c1-16-8-7-13(10-16)15-14(11-17)9-12-5-3-2-4-6-12/h2-6,13-15,17H,7-11H2,1H3. The van der Waals surface area contributed by atoms with Crippen LogP contribution >= 0.6 is 0 Å². The molecule has 1 saturated heterocycles. The van der Waals surface area contributed by atoms with Crippen molar-refractivity contribution >= 4 is 0 Å². The Morgan fingerprint density at radius 2 is 2.18 bits per heavy atom. The van der Waals surface area contributed by atoms with Crippen LogP contribution in [0.4, 0.5) is 0 Å². The molecule has 94 valence electrons. The Balaban J connectivity index is 1.85. The quantitative estimate of drug-likeness (QED) is 0.794. The first-order valence-corrected chi connectivity index (χ1v) is 6.37. The molecule has 2 unspecified atom stereocenters. The van der Waals surface area contributed by atoms with Crippen LogP contribution in [0.15, 0.2) is 30.3 Å². The van der Waals surface area contributed by atoms with E-state index in [1.807, 2.05) is 18.2 Å². The lowest BCUT2D eigenvalue weighted by atomic mass is 10.1. The number of nitrogens with zero attached hydrogens (tertiary/aromatic N) is 1. The molecule has 17 heavy (non-hydrogen) atoms. The van der Waals surface area contributed by atoms with Gasteiger partial charge in [-0.05, 0) is 32.0 Å². The molecular weight excluding hydrogens is 212 g/mol. The van der Waals surface area contributed by atoms with Crippen molar-refractivity contribution in [3.05, 3.63) is 35.9 Å². The van der Waals surface area contributed by atoms with Crippen molar-refractivity contribution in [3.8, 4) is 0 Å². The molecule has 2 N–H and O–H groups in total. The fourth-order valence-electron chi connectivity index (χ4n) is 2.48. The van der Waals surface area contributed by atoms with Crippen LogP contribution in [0.25, 0.3) is 0 Å². The Morgan fingerprint density at radius 1 is 1.41 bits per heavy atom. The van der Waals surface area contributed by atoms with Gasteiger partial charge in [0.15, 0.2) is 0 Å². The first kappa shape index (κ1) is 12.6. The molecule has 1 aromatic carbocycles. The number of aliphatic hydroxyl groups is 1. The Hall–Kier alpha value is -0.900. The van der Waals surface area contributed by atoms with Gasteiger partial charge in [0.25, 0.3) is 0 Å². The summed E-state index contributed by atoms with van der Waals surface area (Å²) in [4.78, 5) is 2.33. The average Bonchev–Trinajstić information content (AvgIpc) is 2.75. The van der Waals surface area contributed by atoms with Crippen molar-refractivity contribution in [2.75, 3.05) is 26.7 Å². The molecule has 0 bridgehead atoms. The average molecular weight is 234 g/mol. The first-order valence-electron chi connectivity index (χ1n) is 6.37. The van der Waals surface area contributed by atoms with Gasteiger partial charge in [-0.15, -0.1) is 0 Å². The van der Waals surface area contributed by atoms with Crippen molar-refractivity contribution in [3.63, 3.8) is 0 Å². The number of nitrogens with one attached hydrogen (secondary N) is 1. The molecule has 1 aromatic rings. The molecule has 2 atom stereocenters. The predicted octanol–water partition coefficient (Wildman–Crippen LogP) is 0.884. The summed E-state index contributed by atoms with van der Waals surface area (Å²) < 4.78 is 0. The van der Waals surface area contributed by atoms with E-state index in [0.29, 0.717) is 6.04 Å². The highest BCUT2D eigenvalue weighted by Crippen LogP contribution is 2.09. The second-order valence-corrected chi connectivity index (χ2v) is 4.98. The lowest BCUT2D eigenvalue weighted by molar-refractivity contribution is 0.229. The molecule has 1 aliphatic rings. The molecule has 0 radical (unpaired) electrons. The molecule has 0 aromatic heterocycles. The summed E-state index contributed by atoms with van der Waals surface area (Å²) in [7, 11) is 2.15. The van der Waals surface area contributed by atoms with E-state index in [1.54, 1.807) is 0 Å². The zero-order valence-electron chi connectivity index (χ0n) is 10.5. The second-order valence-electron chi connectivity index (χ2n) is 4.98. The highest BCUT2D eigenvalue weighted by atomic mass is 16.3. The zero-order valence-corrected chi connectivity index (χ0v) is 10.5. The summed E-state index contributed by atoms with van der Waals surface area (Å²) in [5.74, 6) is 0. The number of likely N-dealkylation sites (N-methyl/N-ethyl adjacent to an activating group) is 1. The molecule has 0 spiro atoms. The molecule has 3 heteroatoms. The van der Waals surface area contributed by atoms with Crippen LogP contribution in [0, 0.1) is 0 Å². The Kier molecular flexibility index (Phi) is 4.54. The fourth-order valence-corrected chi connectivity index (χ4v) is 2.48. The van der Waals surface area contributed by atoms with Gasteiger partial charge in [0.05, 0.1) is 6.61 Å². The second kappa shape index (κ2) is 6.15. The third-order valence-corrected chi connectivity index (χ3v) is 3.41. The van der Waals surface area contributed by atoms with E-state index in [4.69, 9.17) is 0 Å². The number of benzene rings is 1. The summed E-state index contributed by atoms with van der Waals surface area (Å²) >= 11 is 0. The van der Waals surface area contributed by atoms with E-state index in [0.717, 1.165) is 19.5 Å². The van der Waals surface area contributed by atoms with Crippen LogP contribution < -0.4 is 5.32 Å². The molecule has 1 fully saturated rings. The Morgan fingerprint density at radius 3 is 2.76 bits per heavy atom. The van der Waals surface area contributed by atoms with Crippen LogP contribution in [0.1, 0.15) is 12.0 Å². The largest absolute Gasteiger partial charge is 0.395 e. The molecule has 2 rings (SSSR count). The van der Waals surface area contributed by atoms with Gasteiger partial charge in [0, 0.05) is 18.6 Å². The maximum Gasteiger partial charge on any atom is 0.0587 e. The van der Waals surface area contributed by atoms with E-state index < -0.39 is 0 Å². The van der Waals surface area contributed by atoms with E-state index in [1.165, 1.54) is 12.0 Å². The lowest BCUT2D eigenvalue weighted by Gasteiger charge is -2.21. The van der Waals surface area contributed by atoms with E-state index in [9.17, 15) is 5.11 Å². The van der Waals surface area contributed by atoms with Crippen molar-refractivity contribution in [1.82, 2.24) is 10.2 Å². The molecule has 0 amide bonds. The number of rotatable bonds is 5. The third kappa shape index (κ3) is 3.80. The Bertz CT molecular complexity index is 328. The molecule has 3 nitrogen and oxygen atoms in total. The maximum atomic E-state index is 9.44. The lowest BCUT2D eigenvalue weighted by Crippen LogP contribution is -2.43. The minimum absolute atomic E-state index is 0.175. The monoisotopic (exact) mass is 234 g/mol. The van der Waals surface area contributed by atoms with Crippen molar-refractivity contribution in [2.24, 2.45) is 0 Å². The minimum Gasteiger partial charge on any atom is -0.395 e. The molecular formula is C14H22N2O. The van der Waals surface area contributed by atoms with Crippen LogP contribution in [-0.2, 0) is 6.42 Å². The number of hydrogen-bond acceptors (Lipinski definition) is 3. The molecule has 1 heterocycles. The highest BCUT2D eigenvalue weighted by molar-refractivity contribution is 5.16. The highest BCUT2D eigenvalue weighted by Gasteiger charge is 2.21. The zero-order chi connectivity index (χ0) is 12.1. The molecule has 1 aliphatic heterocycles. The topological polar surface area (TPSA) is 35.5 Å². The van der Waals surface area contributed by atoms with Crippen LogP contribution in [0.3, 0.4) is 0 Å². The van der Waals surface area contributed by atoms with Crippen molar-refractivity contribution in [1.29, 1.82) is 0 Å². The van der Waals surface area contributed by atoms with Gasteiger partial charge in [-0.3, -0.25) is 0 Å². The number of likely N-dealkylation sites (tertiary alicyclic amines) is 1. The minimum atomic E-state index is 0.175. The van der Waals surface area contributed by atoms with Crippen LogP contribution in [0.2, 0.25) is 0 Å². The predicted molar refractivity (Wildman–Crippen MR) is 70.1 cm³/mol. The normalized spacial score (nSPS) is 22.8. The summed E-state index contributed by atoms with van der Waals surface area (Å²) in [5.41, 5.74) is 1.28. The van der Waals surface area contributed by atoms with E-state index >= 15 is 0 Å². The molecule has 0 aliphatic carbocycles. The van der Waals surface area contributed by atoms with Gasteiger partial charge in [-0.25, -0.2) is 0 Å². The van der Waals surface area contributed by atoms with Gasteiger partial charge < -0.3 is 15.3 Å². The van der Waals surface area contributed by atoms with Gasteiger partial charge in [-0.1, -0.05) is 30.3 Å². The Labute approximate surface area is 103 Å². The summed E-state index contributed by atoms with van der Waals surface area (Å²) in [6, 6.07) is 11.1. The molecule has 0 saturated carbocycles. The van der Waals surface area contributed by atoms with E-state index in [-0.39, 0.29) is 12.6 Å². The van der Waals surface area contributed by atoms with Crippen LogP contribution in [-0.4, -0.2) is 48.8 Å². The third-order valence-electron chi connectivity index (χ3n) is 3.41. The van der Waals surface area contributed by atoms with E-state index in [2.05, 4.69) is 29.4 Å². The van der Waals surface area contributed by atoms with Crippen molar-refractivity contribution in [2.45, 2.75) is 24.9 Å². The summed E-state index contributed by atoms with van der Waals surface area (Å²) in [6.45, 7) is 2.45. The summed E-state index contributed by atoms with van der Waals surface area (Å²) in [5, 5.41) is 13.0. The number of aliphatic hydroxyl groups excluding tert-OH is 1. The fraction of sp³-hybridized carbons (Fsp3) is 0.571. The van der Waals surface area contributed by atoms with Crippen molar-refractivity contribution < 1.29 is 5.11 Å². The van der Waals surface area contributed by atoms with Gasteiger partial charge in [0.1, 0.15) is 0 Å². The smallest absolute Gasteiger partial charge is 0.0587 e. The maximum absolute atomic E-state index is 9.44. The SMILES string of the molecule is CN1CCC(NC(CO)Cc2ccccc2)C1. The summed E-state index contributed by atoms with van der Waals surface area (Å²) in [6.07, 6.45) is 2.08. The van der Waals surface area contributed by atoms with Gasteiger partial charge in [-0.2, -0.15) is 0 Å². The first-order chi connectivity index (χ1) is 8.28. The number of hydrogen-bond donors (Lipinski definition) is 2.